The van der Waals surface area contributed by atoms with Gasteiger partial charge in [-0.1, -0.05) is 127 Å². The van der Waals surface area contributed by atoms with Crippen LogP contribution in [0.5, 0.6) is 23.0 Å². The quantitative estimate of drug-likeness (QED) is 0.0750. The Bertz CT molecular complexity index is 3240. The SMILES string of the molecule is CC1=CC(C)(C)Cc2ccc(OS(=O)(=O)Cc3ccccc3)cc21.CC1=CC(C)(C)Cc2ccc(OS(=O)(=O)c3ccccc3)cc21.COc1ccc(C(=O)Oc2ccc3c(c2)C(C)=CC(C)(C)C3)cc1. The number of allylic oxidation sites excluding steroid dienone is 6. The fourth-order valence-electron chi connectivity index (χ4n) is 9.62. The van der Waals surface area contributed by atoms with Crippen molar-refractivity contribution in [3.63, 3.8) is 0 Å². The minimum atomic E-state index is -3.80. The molecule has 0 aliphatic heterocycles. The molecule has 0 bridgehead atoms. The third-order valence-corrected chi connectivity index (χ3v) is 14.9. The van der Waals surface area contributed by atoms with Crippen molar-refractivity contribution in [2.45, 2.75) is 92.2 Å². The van der Waals surface area contributed by atoms with Gasteiger partial charge in [-0.05, 0) is 185 Å². The van der Waals surface area contributed by atoms with E-state index in [4.69, 9.17) is 17.8 Å². The molecule has 0 atom stereocenters. The fraction of sp³-hybridized carbons (Fsp3) is 0.283. The highest BCUT2D eigenvalue weighted by atomic mass is 32.2. The summed E-state index contributed by atoms with van der Waals surface area (Å²) < 4.78 is 70.5. The molecule has 370 valence electrons. The molecule has 0 unspecified atom stereocenters. The van der Waals surface area contributed by atoms with Gasteiger partial charge in [-0.15, -0.1) is 0 Å². The van der Waals surface area contributed by atoms with Crippen LogP contribution in [0.15, 0.2) is 163 Å². The summed E-state index contributed by atoms with van der Waals surface area (Å²) in [5.74, 6) is 1.51. The Morgan fingerprint density at radius 3 is 1.34 bits per heavy atom. The first-order valence-corrected chi connectivity index (χ1v) is 26.7. The number of fused-ring (bicyclic) bond motifs is 3. The van der Waals surface area contributed by atoms with E-state index in [0.717, 1.165) is 47.1 Å². The monoisotopic (exact) mass is 992 g/mol. The Labute approximate surface area is 421 Å². The van der Waals surface area contributed by atoms with E-state index >= 15 is 0 Å². The van der Waals surface area contributed by atoms with Gasteiger partial charge in [0.05, 0.1) is 12.7 Å². The van der Waals surface area contributed by atoms with Gasteiger partial charge in [0.1, 0.15) is 33.6 Å². The van der Waals surface area contributed by atoms with Crippen molar-refractivity contribution in [1.82, 2.24) is 0 Å². The largest absolute Gasteiger partial charge is 0.497 e. The Kier molecular flexibility index (Phi) is 15.4. The van der Waals surface area contributed by atoms with Crippen LogP contribution in [0.25, 0.3) is 16.7 Å². The van der Waals surface area contributed by atoms with Crippen molar-refractivity contribution in [2.24, 2.45) is 16.2 Å². The number of hydrogen-bond acceptors (Lipinski definition) is 9. The second-order valence-electron chi connectivity index (χ2n) is 20.7. The number of carbonyl (C=O) groups excluding carboxylic acids is 1. The van der Waals surface area contributed by atoms with E-state index in [-0.39, 0.29) is 32.9 Å². The second kappa shape index (κ2) is 21.0. The number of hydrogen-bond donors (Lipinski definition) is 0. The summed E-state index contributed by atoms with van der Waals surface area (Å²) in [4.78, 5) is 12.4. The molecule has 0 aromatic heterocycles. The van der Waals surface area contributed by atoms with Crippen LogP contribution in [-0.2, 0) is 45.3 Å². The fourth-order valence-corrected chi connectivity index (χ4v) is 11.6. The number of rotatable bonds is 10. The molecular formula is C60H64O9S2. The average molecular weight is 993 g/mol. The first-order valence-electron chi connectivity index (χ1n) is 23.7. The van der Waals surface area contributed by atoms with Gasteiger partial charge in [-0.25, -0.2) is 4.79 Å². The molecule has 0 amide bonds. The minimum absolute atomic E-state index is 0.121. The smallest absolute Gasteiger partial charge is 0.343 e. The van der Waals surface area contributed by atoms with E-state index in [1.165, 1.54) is 34.4 Å². The van der Waals surface area contributed by atoms with Crippen LogP contribution in [0.1, 0.15) is 112 Å². The normalized spacial score (nSPS) is 15.9. The molecule has 71 heavy (non-hydrogen) atoms. The standard InChI is InChI=1S/C21H22O3.C20H22O3S.C19H20O3S/c1-14-12-21(2,3)13-16-7-10-18(11-19(14)16)24-20(22)15-5-8-17(23-4)9-6-15;1-15-12-20(2,3)13-17-9-10-18(11-19(15)17)23-24(21,22)14-16-7-5-4-6-8-16;1-14-12-19(2,3)13-15-9-10-16(11-18(14)15)22-23(20,21)17-7-5-4-6-8-17/h5-12H,13H2,1-4H3;4-12H,13-14H2,1-3H3;4-12H,13H2,1-3H3. The van der Waals surface area contributed by atoms with E-state index in [0.29, 0.717) is 34.1 Å². The molecule has 0 N–H and O–H groups in total. The van der Waals surface area contributed by atoms with Crippen molar-refractivity contribution in [3.8, 4) is 23.0 Å². The van der Waals surface area contributed by atoms with Crippen LogP contribution >= 0.6 is 0 Å². The molecule has 0 saturated carbocycles. The summed E-state index contributed by atoms with van der Waals surface area (Å²) in [5.41, 5.74) is 12.2. The highest BCUT2D eigenvalue weighted by Crippen LogP contribution is 2.41. The Morgan fingerprint density at radius 2 is 0.887 bits per heavy atom. The number of benzene rings is 6. The molecule has 0 spiro atoms. The van der Waals surface area contributed by atoms with Crippen LogP contribution in [0.2, 0.25) is 0 Å². The van der Waals surface area contributed by atoms with E-state index in [1.54, 1.807) is 73.8 Å². The zero-order valence-corrected chi connectivity index (χ0v) is 44.0. The lowest BCUT2D eigenvalue weighted by molar-refractivity contribution is 0.0734. The van der Waals surface area contributed by atoms with E-state index in [9.17, 15) is 21.6 Å². The van der Waals surface area contributed by atoms with Crippen molar-refractivity contribution in [3.05, 3.63) is 202 Å². The van der Waals surface area contributed by atoms with Gasteiger partial charge < -0.3 is 17.8 Å². The maximum Gasteiger partial charge on any atom is 0.343 e. The highest BCUT2D eigenvalue weighted by Gasteiger charge is 2.27. The van der Waals surface area contributed by atoms with E-state index < -0.39 is 20.2 Å². The number of ether oxygens (including phenoxy) is 2. The summed E-state index contributed by atoms with van der Waals surface area (Å²) in [6, 6.07) is 41.1. The number of esters is 1. The molecule has 0 radical (unpaired) electrons. The maximum atomic E-state index is 12.3. The Hall–Kier alpha value is -6.69. The minimum Gasteiger partial charge on any atom is -0.497 e. The lowest BCUT2D eigenvalue weighted by Gasteiger charge is -2.29. The Balaban J connectivity index is 0.000000157. The molecule has 3 aliphatic carbocycles. The topological polar surface area (TPSA) is 122 Å². The first-order chi connectivity index (χ1) is 33.4. The highest BCUT2D eigenvalue weighted by molar-refractivity contribution is 7.87. The third-order valence-electron chi connectivity index (χ3n) is 12.5. The summed E-state index contributed by atoms with van der Waals surface area (Å²) >= 11 is 0. The molecule has 0 saturated heterocycles. The first kappa shape index (κ1) is 52.1. The second-order valence-corrected chi connectivity index (χ2v) is 23.8. The van der Waals surface area contributed by atoms with Gasteiger partial charge in [0, 0.05) is 0 Å². The summed E-state index contributed by atoms with van der Waals surface area (Å²) in [7, 11) is -5.88. The summed E-state index contributed by atoms with van der Waals surface area (Å²) in [6.07, 6.45) is 9.61. The lowest BCUT2D eigenvalue weighted by atomic mass is 9.76. The molecule has 9 nitrogen and oxygen atoms in total. The van der Waals surface area contributed by atoms with Crippen LogP contribution in [-0.4, -0.2) is 29.9 Å². The predicted molar refractivity (Wildman–Crippen MR) is 285 cm³/mol. The molecule has 9 rings (SSSR count). The summed E-state index contributed by atoms with van der Waals surface area (Å²) in [5, 5.41) is 0. The molecule has 3 aliphatic rings. The van der Waals surface area contributed by atoms with E-state index in [1.807, 2.05) is 54.6 Å². The average Bonchev–Trinajstić information content (AvgIpc) is 3.29. The van der Waals surface area contributed by atoms with Crippen molar-refractivity contribution < 1.29 is 39.5 Å². The van der Waals surface area contributed by atoms with Gasteiger partial charge in [-0.2, -0.15) is 16.8 Å². The van der Waals surface area contributed by atoms with Gasteiger partial charge in [0.25, 0.3) is 0 Å². The molecule has 0 fully saturated rings. The van der Waals surface area contributed by atoms with Gasteiger partial charge >= 0.3 is 26.2 Å². The van der Waals surface area contributed by atoms with Crippen LogP contribution in [0.4, 0.5) is 0 Å². The molecular weight excluding hydrogens is 929 g/mol. The van der Waals surface area contributed by atoms with Crippen LogP contribution in [0.3, 0.4) is 0 Å². The zero-order valence-electron chi connectivity index (χ0n) is 42.3. The van der Waals surface area contributed by atoms with Crippen LogP contribution < -0.4 is 17.8 Å². The molecule has 6 aromatic rings. The lowest BCUT2D eigenvalue weighted by Crippen LogP contribution is -2.18. The number of methoxy groups -OCH3 is 1. The molecule has 11 heteroatoms. The van der Waals surface area contributed by atoms with Gasteiger partial charge in [0.2, 0.25) is 0 Å². The molecule has 0 heterocycles. The van der Waals surface area contributed by atoms with Crippen molar-refractivity contribution >= 4 is 42.9 Å². The third kappa shape index (κ3) is 13.8. The molecule has 6 aromatic carbocycles. The van der Waals surface area contributed by atoms with Crippen molar-refractivity contribution in [1.29, 1.82) is 0 Å². The Morgan fingerprint density at radius 1 is 0.493 bits per heavy atom. The maximum absolute atomic E-state index is 12.3. The zero-order chi connectivity index (χ0) is 51.4. The van der Waals surface area contributed by atoms with Crippen molar-refractivity contribution in [2.75, 3.05) is 7.11 Å². The predicted octanol–water partition coefficient (Wildman–Crippen LogP) is 13.9. The van der Waals surface area contributed by atoms with Gasteiger partial charge in [-0.3, -0.25) is 0 Å². The number of carbonyl (C=O) groups is 1. The summed E-state index contributed by atoms with van der Waals surface area (Å²) in [6.45, 7) is 19.5. The van der Waals surface area contributed by atoms with Gasteiger partial charge in [0.15, 0.2) is 0 Å². The van der Waals surface area contributed by atoms with Crippen LogP contribution in [0, 0.1) is 16.2 Å². The van der Waals surface area contributed by atoms with E-state index in [2.05, 4.69) is 86.6 Å².